The Morgan fingerprint density at radius 1 is 1.00 bits per heavy atom. The lowest BCUT2D eigenvalue weighted by Gasteiger charge is -2.20. The summed E-state index contributed by atoms with van der Waals surface area (Å²) >= 11 is 6.11. The molecule has 0 heterocycles. The molecule has 1 nitrogen and oxygen atoms in total. The van der Waals surface area contributed by atoms with Crippen LogP contribution in [0.4, 0.5) is 0 Å². The normalized spacial score (nSPS) is 12.4. The van der Waals surface area contributed by atoms with Crippen LogP contribution in [0, 0.1) is 13.8 Å². The minimum Gasteiger partial charge on any atom is -0.307 e. The summed E-state index contributed by atoms with van der Waals surface area (Å²) in [6, 6.07) is 14.9. The van der Waals surface area contributed by atoms with Crippen molar-refractivity contribution in [2.24, 2.45) is 0 Å². The van der Waals surface area contributed by atoms with E-state index >= 15 is 0 Å². The van der Waals surface area contributed by atoms with Crippen LogP contribution >= 0.6 is 11.6 Å². The minimum absolute atomic E-state index is 0.197. The van der Waals surface area contributed by atoms with E-state index in [0.717, 1.165) is 11.6 Å². The Morgan fingerprint density at radius 3 is 2.26 bits per heavy atom. The van der Waals surface area contributed by atoms with E-state index in [0.29, 0.717) is 0 Å². The van der Waals surface area contributed by atoms with Gasteiger partial charge in [-0.05, 0) is 43.7 Å². The van der Waals surface area contributed by atoms with Gasteiger partial charge in [-0.25, -0.2) is 0 Å². The Bertz CT molecular complexity index is 543. The van der Waals surface area contributed by atoms with Gasteiger partial charge in [0.05, 0.1) is 6.04 Å². The largest absolute Gasteiger partial charge is 0.307 e. The van der Waals surface area contributed by atoms with E-state index in [2.05, 4.69) is 50.4 Å². The van der Waals surface area contributed by atoms with Crippen LogP contribution in [0.3, 0.4) is 0 Å². The standard InChI is InChI=1S/C17H20ClN/c1-4-19-17(14-6-5-7-16(18)11-14)15-9-12(2)8-13(3)10-15/h5-11,17,19H,4H2,1-3H3. The Labute approximate surface area is 120 Å². The number of benzene rings is 2. The molecule has 0 aliphatic carbocycles. The Balaban J connectivity index is 2.44. The fourth-order valence-electron chi connectivity index (χ4n) is 2.49. The third-order valence-electron chi connectivity index (χ3n) is 3.17. The van der Waals surface area contributed by atoms with Gasteiger partial charge in [0.1, 0.15) is 0 Å². The fourth-order valence-corrected chi connectivity index (χ4v) is 2.69. The monoisotopic (exact) mass is 273 g/mol. The number of nitrogens with one attached hydrogen (secondary N) is 1. The molecule has 1 unspecified atom stereocenters. The second-order valence-electron chi connectivity index (χ2n) is 4.97. The highest BCUT2D eigenvalue weighted by atomic mass is 35.5. The van der Waals surface area contributed by atoms with Gasteiger partial charge in [0.15, 0.2) is 0 Å². The van der Waals surface area contributed by atoms with Gasteiger partial charge in [-0.2, -0.15) is 0 Å². The van der Waals surface area contributed by atoms with E-state index in [9.17, 15) is 0 Å². The maximum Gasteiger partial charge on any atom is 0.0577 e. The van der Waals surface area contributed by atoms with E-state index in [1.807, 2.05) is 18.2 Å². The van der Waals surface area contributed by atoms with Crippen LogP contribution in [-0.2, 0) is 0 Å². The molecule has 1 N–H and O–H groups in total. The van der Waals surface area contributed by atoms with Crippen LogP contribution in [0.1, 0.15) is 35.2 Å². The van der Waals surface area contributed by atoms with Crippen LogP contribution < -0.4 is 5.32 Å². The molecule has 1 atom stereocenters. The van der Waals surface area contributed by atoms with Crippen LogP contribution in [-0.4, -0.2) is 6.54 Å². The van der Waals surface area contributed by atoms with Crippen molar-refractivity contribution in [3.63, 3.8) is 0 Å². The molecule has 0 fully saturated rings. The first-order valence-electron chi connectivity index (χ1n) is 6.67. The second kappa shape index (κ2) is 6.23. The zero-order valence-electron chi connectivity index (χ0n) is 11.7. The van der Waals surface area contributed by atoms with Crippen LogP contribution in [0.5, 0.6) is 0 Å². The van der Waals surface area contributed by atoms with Gasteiger partial charge in [0, 0.05) is 5.02 Å². The first kappa shape index (κ1) is 14.1. The quantitative estimate of drug-likeness (QED) is 0.855. The van der Waals surface area contributed by atoms with Gasteiger partial charge in [-0.3, -0.25) is 0 Å². The van der Waals surface area contributed by atoms with Crippen molar-refractivity contribution < 1.29 is 0 Å². The Hall–Kier alpha value is -1.31. The minimum atomic E-state index is 0.197. The molecule has 0 bridgehead atoms. The predicted molar refractivity (Wildman–Crippen MR) is 82.9 cm³/mol. The fraction of sp³-hybridized carbons (Fsp3) is 0.294. The van der Waals surface area contributed by atoms with E-state index in [-0.39, 0.29) is 6.04 Å². The number of halogens is 1. The summed E-state index contributed by atoms with van der Waals surface area (Å²) in [5.74, 6) is 0. The van der Waals surface area contributed by atoms with E-state index in [1.54, 1.807) is 0 Å². The molecule has 2 rings (SSSR count). The van der Waals surface area contributed by atoms with Crippen molar-refractivity contribution in [2.75, 3.05) is 6.54 Å². The maximum absolute atomic E-state index is 6.11. The lowest BCUT2D eigenvalue weighted by atomic mass is 9.95. The van der Waals surface area contributed by atoms with Gasteiger partial charge in [-0.1, -0.05) is 60.0 Å². The Kier molecular flexibility index (Phi) is 4.62. The smallest absolute Gasteiger partial charge is 0.0577 e. The van der Waals surface area contributed by atoms with E-state index in [4.69, 9.17) is 11.6 Å². The summed E-state index contributed by atoms with van der Waals surface area (Å²) in [5, 5.41) is 4.32. The molecule has 0 aromatic heterocycles. The average molecular weight is 274 g/mol. The molecule has 2 aromatic carbocycles. The zero-order chi connectivity index (χ0) is 13.8. The molecule has 19 heavy (non-hydrogen) atoms. The predicted octanol–water partition coefficient (Wildman–Crippen LogP) is 4.66. The van der Waals surface area contributed by atoms with Crippen molar-refractivity contribution >= 4 is 11.6 Å². The van der Waals surface area contributed by atoms with Crippen molar-refractivity contribution in [2.45, 2.75) is 26.8 Å². The first-order chi connectivity index (χ1) is 9.10. The molecule has 0 saturated carbocycles. The number of hydrogen-bond acceptors (Lipinski definition) is 1. The molecule has 2 heteroatoms. The molecule has 0 spiro atoms. The van der Waals surface area contributed by atoms with Gasteiger partial charge in [0.25, 0.3) is 0 Å². The lowest BCUT2D eigenvalue weighted by molar-refractivity contribution is 0.630. The summed E-state index contributed by atoms with van der Waals surface area (Å²) in [7, 11) is 0. The van der Waals surface area contributed by atoms with Gasteiger partial charge in [0.2, 0.25) is 0 Å². The van der Waals surface area contributed by atoms with Crippen LogP contribution in [0.25, 0.3) is 0 Å². The molecular weight excluding hydrogens is 254 g/mol. The van der Waals surface area contributed by atoms with E-state index in [1.165, 1.54) is 22.3 Å². The maximum atomic E-state index is 6.11. The number of rotatable bonds is 4. The molecule has 0 aliphatic heterocycles. The SMILES string of the molecule is CCNC(c1cc(C)cc(C)c1)c1cccc(Cl)c1. The molecular formula is C17H20ClN. The highest BCUT2D eigenvalue weighted by Gasteiger charge is 2.13. The van der Waals surface area contributed by atoms with Gasteiger partial charge >= 0.3 is 0 Å². The topological polar surface area (TPSA) is 12.0 Å². The van der Waals surface area contributed by atoms with Crippen LogP contribution in [0.2, 0.25) is 5.02 Å². The number of aryl methyl sites for hydroxylation is 2. The lowest BCUT2D eigenvalue weighted by Crippen LogP contribution is -2.22. The molecule has 0 aliphatic rings. The first-order valence-corrected chi connectivity index (χ1v) is 7.05. The Morgan fingerprint density at radius 2 is 1.68 bits per heavy atom. The molecule has 0 amide bonds. The highest BCUT2D eigenvalue weighted by Crippen LogP contribution is 2.26. The average Bonchev–Trinajstić information content (AvgIpc) is 2.34. The summed E-state index contributed by atoms with van der Waals surface area (Å²) in [6.45, 7) is 7.32. The summed E-state index contributed by atoms with van der Waals surface area (Å²) in [4.78, 5) is 0. The van der Waals surface area contributed by atoms with Crippen molar-refractivity contribution in [3.8, 4) is 0 Å². The van der Waals surface area contributed by atoms with E-state index < -0.39 is 0 Å². The van der Waals surface area contributed by atoms with Crippen molar-refractivity contribution in [1.82, 2.24) is 5.32 Å². The van der Waals surface area contributed by atoms with Gasteiger partial charge < -0.3 is 5.32 Å². The molecule has 2 aromatic rings. The zero-order valence-corrected chi connectivity index (χ0v) is 12.5. The second-order valence-corrected chi connectivity index (χ2v) is 5.40. The van der Waals surface area contributed by atoms with Crippen LogP contribution in [0.15, 0.2) is 42.5 Å². The summed E-state index contributed by atoms with van der Waals surface area (Å²) in [6.07, 6.45) is 0. The number of hydrogen-bond donors (Lipinski definition) is 1. The molecule has 0 radical (unpaired) electrons. The molecule has 100 valence electrons. The molecule has 0 saturated heterocycles. The summed E-state index contributed by atoms with van der Waals surface area (Å²) in [5.41, 5.74) is 5.08. The third kappa shape index (κ3) is 3.59. The van der Waals surface area contributed by atoms with Crippen molar-refractivity contribution in [1.29, 1.82) is 0 Å². The van der Waals surface area contributed by atoms with Crippen molar-refractivity contribution in [3.05, 3.63) is 69.7 Å². The third-order valence-corrected chi connectivity index (χ3v) is 3.40. The highest BCUT2D eigenvalue weighted by molar-refractivity contribution is 6.30. The van der Waals surface area contributed by atoms with Gasteiger partial charge in [-0.15, -0.1) is 0 Å². The summed E-state index contributed by atoms with van der Waals surface area (Å²) < 4.78 is 0.